The predicted molar refractivity (Wildman–Crippen MR) is 102 cm³/mol. The van der Waals surface area contributed by atoms with E-state index in [9.17, 15) is 4.79 Å². The van der Waals surface area contributed by atoms with Gasteiger partial charge in [-0.1, -0.05) is 18.6 Å². The third-order valence-electron chi connectivity index (χ3n) is 5.18. The molecule has 1 N–H and O–H groups in total. The summed E-state index contributed by atoms with van der Waals surface area (Å²) in [6, 6.07) is 13.3. The van der Waals surface area contributed by atoms with E-state index in [0.29, 0.717) is 11.5 Å². The zero-order chi connectivity index (χ0) is 18.2. The van der Waals surface area contributed by atoms with Crippen molar-refractivity contribution in [1.82, 2.24) is 9.55 Å². The third kappa shape index (κ3) is 3.01. The van der Waals surface area contributed by atoms with Crippen molar-refractivity contribution in [3.63, 3.8) is 0 Å². The van der Waals surface area contributed by atoms with Gasteiger partial charge in [0, 0.05) is 18.7 Å². The first-order chi connectivity index (χ1) is 13.3. The molecule has 0 unspecified atom stereocenters. The smallest absolute Gasteiger partial charge is 0.269 e. The van der Waals surface area contributed by atoms with Gasteiger partial charge in [-0.2, -0.15) is 0 Å². The number of hydrogen-bond donors (Lipinski definition) is 1. The Bertz CT molecular complexity index is 1010. The van der Waals surface area contributed by atoms with Crippen molar-refractivity contribution in [2.45, 2.75) is 38.3 Å². The molecule has 2 aliphatic heterocycles. The van der Waals surface area contributed by atoms with E-state index in [2.05, 4.69) is 9.88 Å². The lowest BCUT2D eigenvalue weighted by Gasteiger charge is -2.25. The molecule has 1 aromatic heterocycles. The summed E-state index contributed by atoms with van der Waals surface area (Å²) < 4.78 is 13.7. The summed E-state index contributed by atoms with van der Waals surface area (Å²) in [5, 5.41) is 2.93. The van der Waals surface area contributed by atoms with Crippen molar-refractivity contribution >= 4 is 22.6 Å². The maximum absolute atomic E-state index is 12.6. The van der Waals surface area contributed by atoms with Crippen molar-refractivity contribution in [2.75, 3.05) is 11.9 Å². The van der Waals surface area contributed by atoms with E-state index in [0.717, 1.165) is 35.5 Å². The number of carbonyl (C=O) groups is 1. The molecule has 3 aromatic rings. The summed E-state index contributed by atoms with van der Waals surface area (Å²) in [6.07, 6.45) is 3.98. The number of para-hydroxylation sites is 2. The maximum atomic E-state index is 12.6. The highest BCUT2D eigenvalue weighted by Gasteiger charge is 2.27. The van der Waals surface area contributed by atoms with Crippen molar-refractivity contribution in [3.8, 4) is 11.5 Å². The second-order valence-electron chi connectivity index (χ2n) is 7.05. The molecule has 0 spiro atoms. The fraction of sp³-hybridized carbons (Fsp3) is 0.333. The third-order valence-corrected chi connectivity index (χ3v) is 5.18. The highest BCUT2D eigenvalue weighted by molar-refractivity contribution is 5.96. The number of anilines is 1. The number of nitrogens with one attached hydrogen (secondary N) is 1. The number of hydrogen-bond acceptors (Lipinski definition) is 4. The summed E-state index contributed by atoms with van der Waals surface area (Å²) in [6.45, 7) is 1.22. The Morgan fingerprint density at radius 1 is 1.11 bits per heavy atom. The van der Waals surface area contributed by atoms with Crippen LogP contribution < -0.4 is 14.8 Å². The summed E-state index contributed by atoms with van der Waals surface area (Å²) in [5.41, 5.74) is 2.79. The molecular weight excluding hydrogens is 342 g/mol. The molecule has 6 heteroatoms. The average Bonchev–Trinajstić information content (AvgIpc) is 2.87. The van der Waals surface area contributed by atoms with Crippen molar-refractivity contribution in [1.29, 1.82) is 0 Å². The lowest BCUT2D eigenvalue weighted by molar-refractivity contribution is -0.125. The molecule has 6 nitrogen and oxygen atoms in total. The van der Waals surface area contributed by atoms with Gasteiger partial charge in [0.25, 0.3) is 5.91 Å². The topological polar surface area (TPSA) is 65.4 Å². The van der Waals surface area contributed by atoms with Gasteiger partial charge >= 0.3 is 0 Å². The van der Waals surface area contributed by atoms with Crippen LogP contribution in [0.1, 0.15) is 25.1 Å². The van der Waals surface area contributed by atoms with Crippen LogP contribution in [0.15, 0.2) is 42.5 Å². The number of nitrogens with zero attached hydrogens (tertiary/aromatic N) is 2. The standard InChI is InChI=1S/C21H21N3O3/c25-21(19-13-26-17-6-3-4-7-18(17)27-19)22-14-9-10-16-15(12-14)23-20-8-2-1-5-11-24(16)20/h3-4,6-7,9-10,12,19H,1-2,5,8,11,13H2,(H,22,25)/t19-/m1/s1. The van der Waals surface area contributed by atoms with E-state index < -0.39 is 6.10 Å². The number of aromatic nitrogens is 2. The van der Waals surface area contributed by atoms with E-state index in [-0.39, 0.29) is 12.5 Å². The number of carbonyl (C=O) groups excluding carboxylic acids is 1. The number of fused-ring (bicyclic) bond motifs is 4. The Balaban J connectivity index is 1.35. The molecule has 0 radical (unpaired) electrons. The Morgan fingerprint density at radius 2 is 2.00 bits per heavy atom. The van der Waals surface area contributed by atoms with Gasteiger partial charge in [-0.05, 0) is 43.2 Å². The van der Waals surface area contributed by atoms with Gasteiger partial charge in [0.05, 0.1) is 11.0 Å². The molecule has 0 bridgehead atoms. The fourth-order valence-electron chi connectivity index (χ4n) is 3.80. The van der Waals surface area contributed by atoms with Crippen LogP contribution in [0.4, 0.5) is 5.69 Å². The molecule has 0 fully saturated rings. The average molecular weight is 363 g/mol. The first-order valence-electron chi connectivity index (χ1n) is 9.46. The summed E-state index contributed by atoms with van der Waals surface area (Å²) in [7, 11) is 0. The molecule has 0 saturated heterocycles. The first-order valence-corrected chi connectivity index (χ1v) is 9.46. The minimum Gasteiger partial charge on any atom is -0.485 e. The largest absolute Gasteiger partial charge is 0.485 e. The van der Waals surface area contributed by atoms with Gasteiger partial charge in [-0.15, -0.1) is 0 Å². The van der Waals surface area contributed by atoms with Crippen LogP contribution in [0.5, 0.6) is 11.5 Å². The van der Waals surface area contributed by atoms with Crippen LogP contribution >= 0.6 is 0 Å². The Kier molecular flexibility index (Phi) is 3.96. The fourth-order valence-corrected chi connectivity index (χ4v) is 3.80. The molecule has 5 rings (SSSR count). The van der Waals surface area contributed by atoms with E-state index in [1.54, 1.807) is 6.07 Å². The lowest BCUT2D eigenvalue weighted by atomic mass is 10.2. The number of ether oxygens (including phenoxy) is 2. The molecule has 0 saturated carbocycles. The van der Waals surface area contributed by atoms with E-state index >= 15 is 0 Å². The first kappa shape index (κ1) is 16.2. The van der Waals surface area contributed by atoms with E-state index in [1.165, 1.54) is 19.3 Å². The van der Waals surface area contributed by atoms with Gasteiger partial charge < -0.3 is 19.4 Å². The SMILES string of the molecule is O=C(Nc1ccc2c(c1)nc1n2CCCCC1)[C@H]1COc2ccccc2O1. The lowest BCUT2D eigenvalue weighted by Crippen LogP contribution is -2.40. The van der Waals surface area contributed by atoms with Crippen LogP contribution in [0.3, 0.4) is 0 Å². The Morgan fingerprint density at radius 3 is 2.93 bits per heavy atom. The highest BCUT2D eigenvalue weighted by Crippen LogP contribution is 2.31. The highest BCUT2D eigenvalue weighted by atomic mass is 16.6. The van der Waals surface area contributed by atoms with Crippen molar-refractivity contribution < 1.29 is 14.3 Å². The normalized spacial score (nSPS) is 18.6. The zero-order valence-electron chi connectivity index (χ0n) is 15.0. The Hall–Kier alpha value is -3.02. The molecule has 2 aromatic carbocycles. The van der Waals surface area contributed by atoms with Crippen molar-refractivity contribution in [2.24, 2.45) is 0 Å². The Labute approximate surface area is 157 Å². The molecular formula is C21H21N3O3. The van der Waals surface area contributed by atoms with Gasteiger partial charge in [0.1, 0.15) is 12.4 Å². The molecule has 2 aliphatic rings. The second kappa shape index (κ2) is 6.61. The molecule has 0 aliphatic carbocycles. The van der Waals surface area contributed by atoms with E-state index in [1.807, 2.05) is 36.4 Å². The number of amides is 1. The number of imidazole rings is 1. The summed E-state index contributed by atoms with van der Waals surface area (Å²) in [4.78, 5) is 17.4. The van der Waals surface area contributed by atoms with Crippen LogP contribution in [-0.4, -0.2) is 28.2 Å². The number of rotatable bonds is 2. The maximum Gasteiger partial charge on any atom is 0.269 e. The zero-order valence-corrected chi connectivity index (χ0v) is 15.0. The van der Waals surface area contributed by atoms with Crippen LogP contribution in [0.2, 0.25) is 0 Å². The number of aryl methyl sites for hydroxylation is 2. The van der Waals surface area contributed by atoms with Gasteiger partial charge in [0.2, 0.25) is 6.10 Å². The van der Waals surface area contributed by atoms with Crippen molar-refractivity contribution in [3.05, 3.63) is 48.3 Å². The molecule has 27 heavy (non-hydrogen) atoms. The van der Waals surface area contributed by atoms with Gasteiger partial charge in [-0.3, -0.25) is 4.79 Å². The summed E-state index contributed by atoms with van der Waals surface area (Å²) >= 11 is 0. The summed E-state index contributed by atoms with van der Waals surface area (Å²) in [5.74, 6) is 2.19. The molecule has 1 amide bonds. The molecule has 3 heterocycles. The minimum absolute atomic E-state index is 0.198. The second-order valence-corrected chi connectivity index (χ2v) is 7.05. The monoisotopic (exact) mass is 363 g/mol. The molecule has 138 valence electrons. The minimum atomic E-state index is -0.672. The van der Waals surface area contributed by atoms with Crippen LogP contribution in [0.25, 0.3) is 11.0 Å². The van der Waals surface area contributed by atoms with Crippen LogP contribution in [0, 0.1) is 0 Å². The predicted octanol–water partition coefficient (Wildman–Crippen LogP) is 3.54. The number of benzene rings is 2. The van der Waals surface area contributed by atoms with Gasteiger partial charge in [-0.25, -0.2) is 4.98 Å². The quantitative estimate of drug-likeness (QED) is 0.756. The van der Waals surface area contributed by atoms with Gasteiger partial charge in [0.15, 0.2) is 11.5 Å². The van der Waals surface area contributed by atoms with Crippen LogP contribution in [-0.2, 0) is 17.8 Å². The van der Waals surface area contributed by atoms with E-state index in [4.69, 9.17) is 14.5 Å². The molecule has 1 atom stereocenters.